The fourth-order valence-corrected chi connectivity index (χ4v) is 5.24. The number of furan rings is 1. The Bertz CT molecular complexity index is 1030. The van der Waals surface area contributed by atoms with Crippen molar-refractivity contribution in [1.82, 2.24) is 10.2 Å². The summed E-state index contributed by atoms with van der Waals surface area (Å²) in [5.74, 6) is 0.952. The number of para-hydroxylation sites is 1. The van der Waals surface area contributed by atoms with E-state index in [0.717, 1.165) is 36.1 Å². The maximum absolute atomic E-state index is 13.6. The van der Waals surface area contributed by atoms with E-state index in [4.69, 9.17) is 9.15 Å². The van der Waals surface area contributed by atoms with Gasteiger partial charge in [-0.1, -0.05) is 43.5 Å². The molecule has 1 N–H and O–H groups in total. The van der Waals surface area contributed by atoms with Crippen molar-refractivity contribution in [1.29, 1.82) is 0 Å². The van der Waals surface area contributed by atoms with Crippen LogP contribution in [-0.2, 0) is 22.6 Å². The van der Waals surface area contributed by atoms with Gasteiger partial charge in [0, 0.05) is 16.5 Å². The molecule has 0 spiro atoms. The number of hydrogen-bond donors (Lipinski definition) is 1. The fourth-order valence-electron chi connectivity index (χ4n) is 4.40. The number of nitrogens with one attached hydrogen (secondary N) is 1. The summed E-state index contributed by atoms with van der Waals surface area (Å²) in [4.78, 5) is 29.7. The monoisotopic (exact) mass is 466 g/mol. The number of nitrogens with zero attached hydrogens (tertiary/aromatic N) is 1. The molecular weight excluding hydrogens is 436 g/mol. The van der Waals surface area contributed by atoms with Crippen LogP contribution in [0.4, 0.5) is 0 Å². The average Bonchev–Trinajstić information content (AvgIpc) is 3.54. The molecule has 0 aliphatic heterocycles. The number of amides is 2. The first-order chi connectivity index (χ1) is 16.2. The summed E-state index contributed by atoms with van der Waals surface area (Å²) in [5, 5.41) is 5.17. The molecule has 0 radical (unpaired) electrons. The van der Waals surface area contributed by atoms with E-state index in [1.165, 1.54) is 17.8 Å². The first kappa shape index (κ1) is 23.1. The van der Waals surface area contributed by atoms with Crippen LogP contribution in [0.25, 0.3) is 0 Å². The van der Waals surface area contributed by atoms with Crippen LogP contribution in [0.1, 0.15) is 54.3 Å². The standard InChI is InChI=1S/C26H30N2O4S/c1-31-22-13-6-5-9-19(22)18-28(24(29)17-21-12-7-15-32-21)25(23-14-8-16-33-23)26(30)27-20-10-3-2-4-11-20/h5-9,12-16,20,25H,2-4,10-11,17-18H2,1H3,(H,27,30). The number of methoxy groups -OCH3 is 1. The quantitative estimate of drug-likeness (QED) is 0.476. The van der Waals surface area contributed by atoms with Crippen molar-refractivity contribution >= 4 is 23.2 Å². The summed E-state index contributed by atoms with van der Waals surface area (Å²) in [7, 11) is 1.61. The Balaban J connectivity index is 1.66. The predicted molar refractivity (Wildman–Crippen MR) is 128 cm³/mol. The van der Waals surface area contributed by atoms with Gasteiger partial charge >= 0.3 is 0 Å². The Morgan fingerprint density at radius 2 is 1.94 bits per heavy atom. The van der Waals surface area contributed by atoms with Crippen LogP contribution in [0.3, 0.4) is 0 Å². The van der Waals surface area contributed by atoms with Crippen LogP contribution < -0.4 is 10.1 Å². The molecule has 1 aliphatic rings. The van der Waals surface area contributed by atoms with Gasteiger partial charge in [-0.05, 0) is 42.5 Å². The molecule has 1 aromatic carbocycles. The van der Waals surface area contributed by atoms with Gasteiger partial charge in [-0.15, -0.1) is 11.3 Å². The van der Waals surface area contributed by atoms with Crippen molar-refractivity contribution in [2.24, 2.45) is 0 Å². The number of ether oxygens (including phenoxy) is 1. The van der Waals surface area contributed by atoms with E-state index in [2.05, 4.69) is 5.32 Å². The van der Waals surface area contributed by atoms with Crippen LogP contribution in [0.5, 0.6) is 5.75 Å². The van der Waals surface area contributed by atoms with Crippen LogP contribution in [0.15, 0.2) is 64.6 Å². The van der Waals surface area contributed by atoms with E-state index in [0.29, 0.717) is 11.5 Å². The molecule has 174 valence electrons. The highest BCUT2D eigenvalue weighted by atomic mass is 32.1. The number of carbonyl (C=O) groups excluding carboxylic acids is 2. The summed E-state index contributed by atoms with van der Waals surface area (Å²) in [5.41, 5.74) is 0.847. The van der Waals surface area contributed by atoms with Crippen molar-refractivity contribution in [3.63, 3.8) is 0 Å². The minimum atomic E-state index is -0.723. The normalized spacial score (nSPS) is 15.1. The van der Waals surface area contributed by atoms with Gasteiger partial charge in [-0.3, -0.25) is 9.59 Å². The lowest BCUT2D eigenvalue weighted by atomic mass is 9.95. The third-order valence-corrected chi connectivity index (χ3v) is 7.01. The number of thiophene rings is 1. The molecule has 3 aromatic rings. The van der Waals surface area contributed by atoms with Crippen molar-refractivity contribution in [2.75, 3.05) is 7.11 Å². The predicted octanol–water partition coefficient (Wildman–Crippen LogP) is 5.11. The zero-order chi connectivity index (χ0) is 23.0. The highest BCUT2D eigenvalue weighted by Crippen LogP contribution is 2.31. The van der Waals surface area contributed by atoms with E-state index in [9.17, 15) is 9.59 Å². The molecule has 2 heterocycles. The molecule has 2 aromatic heterocycles. The van der Waals surface area contributed by atoms with Gasteiger partial charge in [0.1, 0.15) is 17.6 Å². The van der Waals surface area contributed by atoms with Gasteiger partial charge in [0.2, 0.25) is 11.8 Å². The summed E-state index contributed by atoms with van der Waals surface area (Å²) in [6, 6.07) is 14.4. The maximum Gasteiger partial charge on any atom is 0.248 e. The zero-order valence-corrected chi connectivity index (χ0v) is 19.7. The molecule has 0 saturated heterocycles. The first-order valence-electron chi connectivity index (χ1n) is 11.4. The van der Waals surface area contributed by atoms with Crippen LogP contribution in [0.2, 0.25) is 0 Å². The second-order valence-corrected chi connectivity index (χ2v) is 9.33. The molecule has 1 aliphatic carbocycles. The summed E-state index contributed by atoms with van der Waals surface area (Å²) in [6.45, 7) is 0.254. The van der Waals surface area contributed by atoms with Crippen LogP contribution >= 0.6 is 11.3 Å². The van der Waals surface area contributed by atoms with Crippen molar-refractivity contribution < 1.29 is 18.7 Å². The number of benzene rings is 1. The Morgan fingerprint density at radius 1 is 1.12 bits per heavy atom. The number of hydrogen-bond acceptors (Lipinski definition) is 5. The zero-order valence-electron chi connectivity index (χ0n) is 18.9. The number of rotatable bonds is 9. The Morgan fingerprint density at radius 3 is 2.64 bits per heavy atom. The van der Waals surface area contributed by atoms with Gasteiger partial charge in [0.25, 0.3) is 0 Å². The molecule has 1 fully saturated rings. The summed E-state index contributed by atoms with van der Waals surface area (Å²) < 4.78 is 11.0. The molecule has 1 atom stereocenters. The van der Waals surface area contributed by atoms with E-state index in [1.807, 2.05) is 41.8 Å². The first-order valence-corrected chi connectivity index (χ1v) is 12.3. The minimum absolute atomic E-state index is 0.0841. The molecule has 1 unspecified atom stereocenters. The van der Waals surface area contributed by atoms with E-state index in [-0.39, 0.29) is 30.8 Å². The lowest BCUT2D eigenvalue weighted by Crippen LogP contribution is -2.47. The lowest BCUT2D eigenvalue weighted by Gasteiger charge is -2.33. The van der Waals surface area contributed by atoms with E-state index < -0.39 is 6.04 Å². The minimum Gasteiger partial charge on any atom is -0.496 e. The topological polar surface area (TPSA) is 71.8 Å². The summed E-state index contributed by atoms with van der Waals surface area (Å²) >= 11 is 1.49. The van der Waals surface area contributed by atoms with E-state index in [1.54, 1.807) is 30.4 Å². The van der Waals surface area contributed by atoms with Crippen molar-refractivity contribution in [2.45, 2.75) is 57.2 Å². The van der Waals surface area contributed by atoms with Gasteiger partial charge in [-0.25, -0.2) is 0 Å². The highest BCUT2D eigenvalue weighted by Gasteiger charge is 2.34. The fraction of sp³-hybridized carbons (Fsp3) is 0.385. The SMILES string of the molecule is COc1ccccc1CN(C(=O)Cc1ccco1)C(C(=O)NC1CCCCC1)c1cccs1. The van der Waals surface area contributed by atoms with Gasteiger partial charge in [0.15, 0.2) is 0 Å². The Labute approximate surface area is 198 Å². The van der Waals surface area contributed by atoms with Crippen molar-refractivity contribution in [3.05, 3.63) is 76.4 Å². The van der Waals surface area contributed by atoms with Crippen molar-refractivity contribution in [3.8, 4) is 5.75 Å². The highest BCUT2D eigenvalue weighted by molar-refractivity contribution is 7.10. The molecule has 1 saturated carbocycles. The van der Waals surface area contributed by atoms with Crippen LogP contribution in [-0.4, -0.2) is 29.9 Å². The Hall–Kier alpha value is -3.06. The molecule has 0 bridgehead atoms. The molecule has 7 heteroatoms. The third-order valence-electron chi connectivity index (χ3n) is 6.08. The van der Waals surface area contributed by atoms with E-state index >= 15 is 0 Å². The van der Waals surface area contributed by atoms with Crippen LogP contribution in [0, 0.1) is 0 Å². The molecule has 4 rings (SSSR count). The number of carbonyl (C=O) groups is 2. The molecule has 6 nitrogen and oxygen atoms in total. The second-order valence-electron chi connectivity index (χ2n) is 8.35. The smallest absolute Gasteiger partial charge is 0.248 e. The maximum atomic E-state index is 13.6. The lowest BCUT2D eigenvalue weighted by molar-refractivity contribution is -0.141. The molecule has 2 amide bonds. The third kappa shape index (κ3) is 5.85. The van der Waals surface area contributed by atoms with Gasteiger partial charge < -0.3 is 19.4 Å². The summed E-state index contributed by atoms with van der Waals surface area (Å²) in [6.07, 6.45) is 7.06. The second kappa shape index (κ2) is 11.2. The molecular formula is C26H30N2O4S. The van der Waals surface area contributed by atoms with Gasteiger partial charge in [0.05, 0.1) is 26.3 Å². The average molecular weight is 467 g/mol. The largest absolute Gasteiger partial charge is 0.496 e. The Kier molecular flexibility index (Phi) is 7.83. The molecule has 33 heavy (non-hydrogen) atoms. The van der Waals surface area contributed by atoms with Gasteiger partial charge in [-0.2, -0.15) is 0 Å².